The Hall–Kier alpha value is -0.830. The van der Waals surface area contributed by atoms with Crippen LogP contribution in [-0.4, -0.2) is 23.8 Å². The molecule has 0 aromatic heterocycles. The molecule has 0 radical (unpaired) electrons. The van der Waals surface area contributed by atoms with Crippen molar-refractivity contribution in [2.45, 2.75) is 96.0 Å². The SMILES string of the molecule is CCCCCCC1(O)CCC=C1CCCCCCC(=O)OC. The topological polar surface area (TPSA) is 46.5 Å². The van der Waals surface area contributed by atoms with E-state index in [1.807, 2.05) is 0 Å². The number of aliphatic hydroxyl groups is 1. The largest absolute Gasteiger partial charge is 0.469 e. The number of allylic oxidation sites excluding steroid dienone is 1. The molecule has 0 saturated heterocycles. The summed E-state index contributed by atoms with van der Waals surface area (Å²) >= 11 is 0. The van der Waals surface area contributed by atoms with E-state index >= 15 is 0 Å². The molecule has 128 valence electrons. The molecule has 0 fully saturated rings. The summed E-state index contributed by atoms with van der Waals surface area (Å²) in [6.45, 7) is 2.22. The van der Waals surface area contributed by atoms with Gasteiger partial charge in [-0.25, -0.2) is 0 Å². The van der Waals surface area contributed by atoms with Crippen molar-refractivity contribution >= 4 is 5.97 Å². The number of hydrogen-bond acceptors (Lipinski definition) is 3. The van der Waals surface area contributed by atoms with Crippen LogP contribution in [0.5, 0.6) is 0 Å². The van der Waals surface area contributed by atoms with Crippen molar-refractivity contribution in [2.75, 3.05) is 7.11 Å². The number of esters is 1. The van der Waals surface area contributed by atoms with Gasteiger partial charge in [-0.05, 0) is 44.1 Å². The molecule has 1 aliphatic carbocycles. The average molecular weight is 310 g/mol. The summed E-state index contributed by atoms with van der Waals surface area (Å²) in [5.74, 6) is -0.111. The third-order valence-corrected chi connectivity index (χ3v) is 4.79. The Morgan fingerprint density at radius 1 is 1.18 bits per heavy atom. The summed E-state index contributed by atoms with van der Waals surface area (Å²) in [6.07, 6.45) is 15.8. The number of ether oxygens (including phenoxy) is 1. The third kappa shape index (κ3) is 6.95. The van der Waals surface area contributed by atoms with Gasteiger partial charge in [0, 0.05) is 6.42 Å². The molecule has 1 N–H and O–H groups in total. The van der Waals surface area contributed by atoms with Crippen LogP contribution in [0.25, 0.3) is 0 Å². The molecule has 0 bridgehead atoms. The van der Waals surface area contributed by atoms with Gasteiger partial charge in [0.2, 0.25) is 0 Å². The smallest absolute Gasteiger partial charge is 0.305 e. The van der Waals surface area contributed by atoms with Crippen LogP contribution in [0.3, 0.4) is 0 Å². The minimum Gasteiger partial charge on any atom is -0.469 e. The van der Waals surface area contributed by atoms with Gasteiger partial charge in [0.1, 0.15) is 0 Å². The molecule has 0 aromatic carbocycles. The first-order chi connectivity index (χ1) is 10.6. The van der Waals surface area contributed by atoms with E-state index in [2.05, 4.69) is 17.7 Å². The molecular formula is C19H34O3. The zero-order chi connectivity index (χ0) is 16.3. The molecular weight excluding hydrogens is 276 g/mol. The van der Waals surface area contributed by atoms with Gasteiger partial charge in [0.15, 0.2) is 0 Å². The van der Waals surface area contributed by atoms with E-state index in [4.69, 9.17) is 0 Å². The molecule has 0 spiro atoms. The van der Waals surface area contributed by atoms with Gasteiger partial charge >= 0.3 is 5.97 Å². The predicted octanol–water partition coefficient (Wildman–Crippen LogP) is 4.92. The molecule has 1 atom stereocenters. The summed E-state index contributed by atoms with van der Waals surface area (Å²) < 4.78 is 4.64. The summed E-state index contributed by atoms with van der Waals surface area (Å²) in [4.78, 5) is 11.0. The van der Waals surface area contributed by atoms with Crippen LogP contribution in [-0.2, 0) is 9.53 Å². The lowest BCUT2D eigenvalue weighted by molar-refractivity contribution is -0.140. The minimum absolute atomic E-state index is 0.111. The second-order valence-electron chi connectivity index (χ2n) is 6.60. The maximum atomic E-state index is 11.0. The first-order valence-electron chi connectivity index (χ1n) is 9.11. The summed E-state index contributed by atoms with van der Waals surface area (Å²) in [6, 6.07) is 0. The van der Waals surface area contributed by atoms with E-state index in [0.29, 0.717) is 6.42 Å². The minimum atomic E-state index is -0.514. The summed E-state index contributed by atoms with van der Waals surface area (Å²) in [7, 11) is 1.44. The fourth-order valence-electron chi connectivity index (χ4n) is 3.34. The quantitative estimate of drug-likeness (QED) is 0.316. The van der Waals surface area contributed by atoms with Crippen LogP contribution < -0.4 is 0 Å². The standard InChI is InChI=1S/C19H34O3/c1-3-4-5-10-15-19(21)16-11-13-17(19)12-8-6-7-9-14-18(20)22-2/h13,21H,3-12,14-16H2,1-2H3. The van der Waals surface area contributed by atoms with Gasteiger partial charge in [-0.1, -0.05) is 51.5 Å². The van der Waals surface area contributed by atoms with E-state index in [1.54, 1.807) is 0 Å². The normalized spacial score (nSPS) is 21.0. The zero-order valence-electron chi connectivity index (χ0n) is 14.5. The molecule has 3 nitrogen and oxygen atoms in total. The van der Waals surface area contributed by atoms with E-state index in [0.717, 1.165) is 57.8 Å². The molecule has 3 heteroatoms. The van der Waals surface area contributed by atoms with Crippen LogP contribution in [0.2, 0.25) is 0 Å². The number of hydrogen-bond donors (Lipinski definition) is 1. The van der Waals surface area contributed by atoms with Gasteiger partial charge in [-0.2, -0.15) is 0 Å². The number of methoxy groups -OCH3 is 1. The molecule has 0 amide bonds. The van der Waals surface area contributed by atoms with Crippen molar-refractivity contribution in [3.05, 3.63) is 11.6 Å². The van der Waals surface area contributed by atoms with Crippen LogP contribution >= 0.6 is 0 Å². The van der Waals surface area contributed by atoms with Gasteiger partial charge in [-0.3, -0.25) is 4.79 Å². The molecule has 0 heterocycles. The second kappa shape index (κ2) is 10.8. The lowest BCUT2D eigenvalue weighted by Crippen LogP contribution is -2.28. The number of carbonyl (C=O) groups excluding carboxylic acids is 1. The highest BCUT2D eigenvalue weighted by atomic mass is 16.5. The van der Waals surface area contributed by atoms with Crippen LogP contribution in [0.4, 0.5) is 0 Å². The Balaban J connectivity index is 2.16. The zero-order valence-corrected chi connectivity index (χ0v) is 14.5. The Kier molecular flexibility index (Phi) is 9.45. The predicted molar refractivity (Wildman–Crippen MR) is 90.7 cm³/mol. The lowest BCUT2D eigenvalue weighted by Gasteiger charge is -2.27. The third-order valence-electron chi connectivity index (χ3n) is 4.79. The molecule has 1 aliphatic rings. The van der Waals surface area contributed by atoms with Crippen molar-refractivity contribution in [2.24, 2.45) is 0 Å². The Morgan fingerprint density at radius 2 is 1.91 bits per heavy atom. The van der Waals surface area contributed by atoms with E-state index in [-0.39, 0.29) is 5.97 Å². The molecule has 1 rings (SSSR count). The Morgan fingerprint density at radius 3 is 2.64 bits per heavy atom. The summed E-state index contributed by atoms with van der Waals surface area (Å²) in [5.41, 5.74) is 0.761. The maximum absolute atomic E-state index is 11.0. The van der Waals surface area contributed by atoms with Gasteiger partial charge in [0.05, 0.1) is 12.7 Å². The van der Waals surface area contributed by atoms with Crippen LogP contribution in [0, 0.1) is 0 Å². The molecule has 22 heavy (non-hydrogen) atoms. The van der Waals surface area contributed by atoms with Gasteiger partial charge in [-0.15, -0.1) is 0 Å². The highest BCUT2D eigenvalue weighted by Gasteiger charge is 2.33. The van der Waals surface area contributed by atoms with Crippen molar-refractivity contribution in [1.29, 1.82) is 0 Å². The number of rotatable bonds is 12. The van der Waals surface area contributed by atoms with Crippen molar-refractivity contribution < 1.29 is 14.6 Å². The second-order valence-corrected chi connectivity index (χ2v) is 6.60. The molecule has 0 aromatic rings. The Bertz CT molecular complexity index is 349. The van der Waals surface area contributed by atoms with Crippen LogP contribution in [0.1, 0.15) is 90.4 Å². The van der Waals surface area contributed by atoms with Crippen LogP contribution in [0.15, 0.2) is 11.6 Å². The monoisotopic (exact) mass is 310 g/mol. The van der Waals surface area contributed by atoms with Crippen molar-refractivity contribution in [3.63, 3.8) is 0 Å². The number of carbonyl (C=O) groups is 1. The van der Waals surface area contributed by atoms with E-state index in [1.165, 1.54) is 31.9 Å². The average Bonchev–Trinajstić information content (AvgIpc) is 2.88. The van der Waals surface area contributed by atoms with E-state index < -0.39 is 5.60 Å². The molecule has 1 unspecified atom stereocenters. The highest BCUT2D eigenvalue weighted by Crippen LogP contribution is 2.37. The summed E-state index contributed by atoms with van der Waals surface area (Å²) in [5, 5.41) is 10.8. The first kappa shape index (κ1) is 19.2. The Labute approximate surface area is 136 Å². The van der Waals surface area contributed by atoms with Crippen molar-refractivity contribution in [3.8, 4) is 0 Å². The number of unbranched alkanes of at least 4 members (excludes halogenated alkanes) is 6. The lowest BCUT2D eigenvalue weighted by atomic mass is 9.86. The van der Waals surface area contributed by atoms with Crippen molar-refractivity contribution in [1.82, 2.24) is 0 Å². The molecule has 0 aliphatic heterocycles. The fourth-order valence-corrected chi connectivity index (χ4v) is 3.34. The van der Waals surface area contributed by atoms with Gasteiger partial charge in [0.25, 0.3) is 0 Å². The first-order valence-corrected chi connectivity index (χ1v) is 9.11. The maximum Gasteiger partial charge on any atom is 0.305 e. The van der Waals surface area contributed by atoms with Gasteiger partial charge < -0.3 is 9.84 Å². The fraction of sp³-hybridized carbons (Fsp3) is 0.842. The van der Waals surface area contributed by atoms with E-state index in [9.17, 15) is 9.90 Å². The molecule has 0 saturated carbocycles. The highest BCUT2D eigenvalue weighted by molar-refractivity contribution is 5.68.